The van der Waals surface area contributed by atoms with Crippen LogP contribution in [0.25, 0.3) is 0 Å². The molecule has 1 heterocycles. The number of unbranched alkanes of at least 4 members (excludes halogenated alkanes) is 1. The first-order valence-corrected chi connectivity index (χ1v) is 10.3. The molecular formula is C23H33FN4O. The summed E-state index contributed by atoms with van der Waals surface area (Å²) in [6, 6.07) is 12.0. The van der Waals surface area contributed by atoms with Gasteiger partial charge in [-0.2, -0.15) is 0 Å². The van der Waals surface area contributed by atoms with E-state index < -0.39 is 0 Å². The Morgan fingerprint density at radius 2 is 1.90 bits per heavy atom. The quantitative estimate of drug-likeness (QED) is 0.384. The van der Waals surface area contributed by atoms with Gasteiger partial charge in [-0.25, -0.2) is 4.39 Å². The van der Waals surface area contributed by atoms with E-state index in [2.05, 4.69) is 24.5 Å². The van der Waals surface area contributed by atoms with Crippen molar-refractivity contribution in [3.63, 3.8) is 0 Å². The molecule has 2 aromatic rings. The second-order valence-electron chi connectivity index (χ2n) is 7.88. The van der Waals surface area contributed by atoms with Gasteiger partial charge in [0.1, 0.15) is 5.82 Å². The van der Waals surface area contributed by atoms with Crippen molar-refractivity contribution in [3.8, 4) is 0 Å². The zero-order valence-electron chi connectivity index (χ0n) is 18.0. The zero-order valence-corrected chi connectivity index (χ0v) is 18.0. The van der Waals surface area contributed by atoms with Gasteiger partial charge in [0.25, 0.3) is 5.56 Å². The number of halogens is 1. The van der Waals surface area contributed by atoms with E-state index in [1.807, 2.05) is 26.0 Å². The van der Waals surface area contributed by atoms with Gasteiger partial charge in [0.2, 0.25) is 0 Å². The molecule has 29 heavy (non-hydrogen) atoms. The van der Waals surface area contributed by atoms with Crippen LogP contribution >= 0.6 is 0 Å². The molecule has 0 spiro atoms. The lowest BCUT2D eigenvalue weighted by Crippen LogP contribution is -2.39. The second kappa shape index (κ2) is 10.8. The average molecular weight is 401 g/mol. The third-order valence-electron chi connectivity index (χ3n) is 4.95. The lowest BCUT2D eigenvalue weighted by atomic mass is 9.85. The highest BCUT2D eigenvalue weighted by atomic mass is 19.1. The van der Waals surface area contributed by atoms with E-state index in [1.54, 1.807) is 28.8 Å². The zero-order chi connectivity index (χ0) is 21.3. The number of guanidine groups is 1. The number of hydrogen-bond donors (Lipinski definition) is 2. The van der Waals surface area contributed by atoms with Crippen LogP contribution in [0.2, 0.25) is 0 Å². The predicted molar refractivity (Wildman–Crippen MR) is 118 cm³/mol. The lowest BCUT2D eigenvalue weighted by molar-refractivity contribution is 0.528. The SMILES string of the molecule is CCNC(=NCC(C)(C)c1cccc(F)c1)NCCCCn1c(C)cccc1=O. The molecule has 0 aliphatic carbocycles. The van der Waals surface area contributed by atoms with Crippen molar-refractivity contribution >= 4 is 5.96 Å². The first-order valence-electron chi connectivity index (χ1n) is 10.3. The molecule has 0 aliphatic heterocycles. The Morgan fingerprint density at radius 1 is 1.14 bits per heavy atom. The topological polar surface area (TPSA) is 58.4 Å². The fourth-order valence-corrected chi connectivity index (χ4v) is 3.13. The molecule has 5 nitrogen and oxygen atoms in total. The van der Waals surface area contributed by atoms with Crippen molar-refractivity contribution in [2.45, 2.75) is 52.5 Å². The van der Waals surface area contributed by atoms with E-state index in [1.165, 1.54) is 6.07 Å². The molecule has 0 aliphatic rings. The number of rotatable bonds is 9. The third-order valence-corrected chi connectivity index (χ3v) is 4.95. The Hall–Kier alpha value is -2.63. The molecule has 0 saturated carbocycles. The summed E-state index contributed by atoms with van der Waals surface area (Å²) in [5, 5.41) is 6.60. The number of nitrogens with zero attached hydrogens (tertiary/aromatic N) is 2. The maximum atomic E-state index is 13.5. The van der Waals surface area contributed by atoms with Crippen molar-refractivity contribution < 1.29 is 4.39 Å². The van der Waals surface area contributed by atoms with Gasteiger partial charge < -0.3 is 15.2 Å². The van der Waals surface area contributed by atoms with Crippen LogP contribution in [0.5, 0.6) is 0 Å². The number of hydrogen-bond acceptors (Lipinski definition) is 2. The maximum Gasteiger partial charge on any atom is 0.250 e. The fraction of sp³-hybridized carbons (Fsp3) is 0.478. The summed E-state index contributed by atoms with van der Waals surface area (Å²) >= 11 is 0. The number of pyridine rings is 1. The molecule has 0 atom stereocenters. The minimum absolute atomic E-state index is 0.0486. The van der Waals surface area contributed by atoms with Gasteiger partial charge in [-0.05, 0) is 50.5 Å². The smallest absolute Gasteiger partial charge is 0.250 e. The summed E-state index contributed by atoms with van der Waals surface area (Å²) < 4.78 is 15.4. The molecule has 0 unspecified atom stereocenters. The summed E-state index contributed by atoms with van der Waals surface area (Å²) in [4.78, 5) is 16.6. The number of nitrogens with one attached hydrogen (secondary N) is 2. The van der Waals surface area contributed by atoms with Crippen LogP contribution in [0, 0.1) is 12.7 Å². The van der Waals surface area contributed by atoms with Crippen LogP contribution in [-0.4, -0.2) is 30.2 Å². The van der Waals surface area contributed by atoms with Crippen LogP contribution in [0.15, 0.2) is 52.3 Å². The molecule has 0 saturated heterocycles. The first-order chi connectivity index (χ1) is 13.8. The third kappa shape index (κ3) is 7.04. The van der Waals surface area contributed by atoms with Crippen LogP contribution in [0.1, 0.15) is 44.9 Å². The number of benzene rings is 1. The van der Waals surface area contributed by atoms with Crippen molar-refractivity contribution in [2.75, 3.05) is 19.6 Å². The molecule has 6 heteroatoms. The van der Waals surface area contributed by atoms with Gasteiger partial charge in [0.05, 0.1) is 6.54 Å². The Kier molecular flexibility index (Phi) is 8.43. The standard InChI is InChI=1S/C23H33FN4O/c1-5-25-22(27-17-23(3,4)19-11-9-12-20(24)16-19)26-14-6-7-15-28-18(2)10-8-13-21(28)29/h8-13,16H,5-7,14-15,17H2,1-4H3,(H2,25,26,27). The Morgan fingerprint density at radius 3 is 2.59 bits per heavy atom. The molecule has 0 amide bonds. The minimum atomic E-state index is -0.267. The molecule has 2 rings (SSSR count). The molecule has 0 fully saturated rings. The fourth-order valence-electron chi connectivity index (χ4n) is 3.13. The molecule has 158 valence electrons. The van der Waals surface area contributed by atoms with E-state index in [9.17, 15) is 9.18 Å². The molecule has 1 aromatic heterocycles. The monoisotopic (exact) mass is 400 g/mol. The summed E-state index contributed by atoms with van der Waals surface area (Å²) in [7, 11) is 0. The van der Waals surface area contributed by atoms with E-state index in [-0.39, 0.29) is 16.8 Å². The van der Waals surface area contributed by atoms with Gasteiger partial charge in [-0.1, -0.05) is 32.0 Å². The van der Waals surface area contributed by atoms with Crippen molar-refractivity contribution in [1.82, 2.24) is 15.2 Å². The summed E-state index contributed by atoms with van der Waals surface area (Å²) in [6.45, 7) is 10.9. The highest BCUT2D eigenvalue weighted by molar-refractivity contribution is 5.79. The van der Waals surface area contributed by atoms with E-state index >= 15 is 0 Å². The second-order valence-corrected chi connectivity index (χ2v) is 7.88. The van der Waals surface area contributed by atoms with E-state index in [0.717, 1.165) is 43.1 Å². The molecule has 0 bridgehead atoms. The summed E-state index contributed by atoms with van der Waals surface area (Å²) in [6.07, 6.45) is 1.84. The lowest BCUT2D eigenvalue weighted by Gasteiger charge is -2.24. The highest BCUT2D eigenvalue weighted by Gasteiger charge is 2.21. The molecule has 0 radical (unpaired) electrons. The van der Waals surface area contributed by atoms with Crippen molar-refractivity contribution in [1.29, 1.82) is 0 Å². The van der Waals surface area contributed by atoms with Crippen LogP contribution in [0.4, 0.5) is 4.39 Å². The summed E-state index contributed by atoms with van der Waals surface area (Å²) in [5.74, 6) is 0.530. The van der Waals surface area contributed by atoms with Gasteiger partial charge in [-0.3, -0.25) is 9.79 Å². The van der Waals surface area contributed by atoms with Crippen molar-refractivity contribution in [2.24, 2.45) is 4.99 Å². The number of aliphatic imine (C=N–C) groups is 1. The van der Waals surface area contributed by atoms with E-state index in [0.29, 0.717) is 13.1 Å². The van der Waals surface area contributed by atoms with Gasteiger partial charge in [-0.15, -0.1) is 0 Å². The van der Waals surface area contributed by atoms with Crippen LogP contribution in [0.3, 0.4) is 0 Å². The molecule has 2 N–H and O–H groups in total. The van der Waals surface area contributed by atoms with Crippen molar-refractivity contribution in [3.05, 3.63) is 69.9 Å². The highest BCUT2D eigenvalue weighted by Crippen LogP contribution is 2.24. The largest absolute Gasteiger partial charge is 0.357 e. The molecular weight excluding hydrogens is 367 g/mol. The summed E-state index contributed by atoms with van der Waals surface area (Å²) in [5.41, 5.74) is 1.70. The molecule has 1 aromatic carbocycles. The predicted octanol–water partition coefficient (Wildman–Crippen LogP) is 3.61. The first kappa shape index (κ1) is 22.7. The van der Waals surface area contributed by atoms with Crippen LogP contribution < -0.4 is 16.2 Å². The maximum absolute atomic E-state index is 13.5. The minimum Gasteiger partial charge on any atom is -0.357 e. The van der Waals surface area contributed by atoms with Gasteiger partial charge >= 0.3 is 0 Å². The van der Waals surface area contributed by atoms with Crippen LogP contribution in [-0.2, 0) is 12.0 Å². The normalized spacial score (nSPS) is 12.1. The van der Waals surface area contributed by atoms with E-state index in [4.69, 9.17) is 4.99 Å². The van der Waals surface area contributed by atoms with Gasteiger partial charge in [0.15, 0.2) is 5.96 Å². The Balaban J connectivity index is 1.86. The Labute approximate surface area is 173 Å². The Bertz CT molecular complexity index is 873. The number of aromatic nitrogens is 1. The van der Waals surface area contributed by atoms with Gasteiger partial charge in [0, 0.05) is 36.8 Å². The number of aryl methyl sites for hydroxylation is 1. The average Bonchev–Trinajstić information content (AvgIpc) is 2.68.